The van der Waals surface area contributed by atoms with Gasteiger partial charge in [-0.15, -0.1) is 0 Å². The highest BCUT2D eigenvalue weighted by Gasteiger charge is 2.03. The lowest BCUT2D eigenvalue weighted by Gasteiger charge is -2.07. The summed E-state index contributed by atoms with van der Waals surface area (Å²) in [6.07, 6.45) is 3.48. The maximum absolute atomic E-state index is 9.14. The highest BCUT2D eigenvalue weighted by Crippen LogP contribution is 2.17. The van der Waals surface area contributed by atoms with Crippen molar-refractivity contribution >= 4 is 17.4 Å². The van der Waals surface area contributed by atoms with Gasteiger partial charge in [0.15, 0.2) is 0 Å². The maximum atomic E-state index is 9.14. The predicted octanol–water partition coefficient (Wildman–Crippen LogP) is 3.30. The van der Waals surface area contributed by atoms with Gasteiger partial charge in [-0.1, -0.05) is 41.9 Å². The molecule has 2 N–H and O–H groups in total. The van der Waals surface area contributed by atoms with Crippen LogP contribution in [-0.4, -0.2) is 20.1 Å². The minimum absolute atomic E-state index is 0.152. The molecule has 6 heteroatoms. The molecule has 0 fully saturated rings. The van der Waals surface area contributed by atoms with Crippen LogP contribution in [-0.2, 0) is 13.2 Å². The lowest BCUT2D eigenvalue weighted by Crippen LogP contribution is -2.05. The van der Waals surface area contributed by atoms with E-state index >= 15 is 0 Å². The van der Waals surface area contributed by atoms with Crippen molar-refractivity contribution < 1.29 is 5.11 Å². The number of aromatic nitrogens is 3. The number of benzene rings is 1. The average molecular weight is 327 g/mol. The molecule has 0 spiro atoms. The van der Waals surface area contributed by atoms with Crippen molar-refractivity contribution in [3.05, 3.63) is 71.3 Å². The van der Waals surface area contributed by atoms with E-state index < -0.39 is 0 Å². The predicted molar refractivity (Wildman–Crippen MR) is 90.0 cm³/mol. The molecule has 0 saturated carbocycles. The molecule has 0 unspecified atom stereocenters. The van der Waals surface area contributed by atoms with Crippen LogP contribution in [0.25, 0.3) is 11.3 Å². The topological polar surface area (TPSA) is 70.9 Å². The van der Waals surface area contributed by atoms with Crippen molar-refractivity contribution in [3.8, 4) is 11.3 Å². The fraction of sp³-hybridized carbons (Fsp3) is 0.118. The molecule has 1 aromatic carbocycles. The monoisotopic (exact) mass is 326 g/mol. The molecule has 2 aromatic heterocycles. The van der Waals surface area contributed by atoms with Gasteiger partial charge in [-0.25, -0.2) is 4.98 Å². The summed E-state index contributed by atoms with van der Waals surface area (Å²) in [5, 5.41) is 12.8. The molecule has 116 valence electrons. The first-order valence-electron chi connectivity index (χ1n) is 7.12. The molecule has 0 aliphatic heterocycles. The number of nitrogens with zero attached hydrogens (tertiary/aromatic N) is 3. The van der Waals surface area contributed by atoms with Crippen molar-refractivity contribution in [2.45, 2.75) is 13.2 Å². The van der Waals surface area contributed by atoms with Crippen LogP contribution in [0.15, 0.2) is 54.9 Å². The number of nitrogens with one attached hydrogen (secondary N) is 1. The van der Waals surface area contributed by atoms with Crippen LogP contribution in [0.4, 0.5) is 5.82 Å². The highest BCUT2D eigenvalue weighted by molar-refractivity contribution is 6.30. The molecule has 0 atom stereocenters. The Labute approximate surface area is 139 Å². The molecule has 0 aliphatic rings. The Morgan fingerprint density at radius 3 is 2.52 bits per heavy atom. The molecule has 3 rings (SSSR count). The molecule has 0 saturated heterocycles. The Kier molecular flexibility index (Phi) is 4.80. The van der Waals surface area contributed by atoms with E-state index in [2.05, 4.69) is 20.3 Å². The second-order valence-corrected chi connectivity index (χ2v) is 5.37. The molecular formula is C17H15ClN4O. The van der Waals surface area contributed by atoms with E-state index in [1.165, 1.54) is 0 Å². The van der Waals surface area contributed by atoms with Crippen molar-refractivity contribution in [2.24, 2.45) is 0 Å². The normalized spacial score (nSPS) is 10.5. The maximum Gasteiger partial charge on any atom is 0.128 e. The summed E-state index contributed by atoms with van der Waals surface area (Å²) >= 11 is 5.98. The fourth-order valence-electron chi connectivity index (χ4n) is 2.11. The van der Waals surface area contributed by atoms with Gasteiger partial charge in [0, 0.05) is 10.6 Å². The number of halogens is 1. The summed E-state index contributed by atoms with van der Waals surface area (Å²) in [7, 11) is 0. The minimum atomic E-state index is -0.152. The highest BCUT2D eigenvalue weighted by atomic mass is 35.5. The fourth-order valence-corrected chi connectivity index (χ4v) is 2.34. The second kappa shape index (κ2) is 7.17. The van der Waals surface area contributed by atoms with Gasteiger partial charge in [-0.2, -0.15) is 0 Å². The van der Waals surface area contributed by atoms with Crippen LogP contribution >= 0.6 is 11.6 Å². The second-order valence-electron chi connectivity index (χ2n) is 4.93. The van der Waals surface area contributed by atoms with Crippen LogP contribution in [0.3, 0.4) is 0 Å². The van der Waals surface area contributed by atoms with Gasteiger partial charge in [-0.3, -0.25) is 9.97 Å². The molecule has 0 bridgehead atoms. The average Bonchev–Trinajstić information content (AvgIpc) is 2.60. The summed E-state index contributed by atoms with van der Waals surface area (Å²) in [4.78, 5) is 13.1. The summed E-state index contributed by atoms with van der Waals surface area (Å²) in [5.74, 6) is 0.593. The first-order chi connectivity index (χ1) is 11.2. The van der Waals surface area contributed by atoms with Crippen LogP contribution in [0.2, 0.25) is 5.02 Å². The van der Waals surface area contributed by atoms with Crippen LogP contribution in [0.5, 0.6) is 0 Å². The van der Waals surface area contributed by atoms with Gasteiger partial charge in [0.25, 0.3) is 0 Å². The van der Waals surface area contributed by atoms with E-state index in [0.717, 1.165) is 17.0 Å². The van der Waals surface area contributed by atoms with E-state index in [1.54, 1.807) is 24.5 Å². The largest absolute Gasteiger partial charge is 0.390 e. The molecule has 0 aliphatic carbocycles. The van der Waals surface area contributed by atoms with Gasteiger partial charge >= 0.3 is 0 Å². The zero-order chi connectivity index (χ0) is 16.1. The number of hydrogen-bond donors (Lipinski definition) is 2. The lowest BCUT2D eigenvalue weighted by molar-refractivity contribution is 0.277. The third-order valence-electron chi connectivity index (χ3n) is 3.23. The number of hydrogen-bond acceptors (Lipinski definition) is 5. The molecule has 2 heterocycles. The molecule has 5 nitrogen and oxygen atoms in total. The van der Waals surface area contributed by atoms with Crippen LogP contribution < -0.4 is 5.32 Å². The van der Waals surface area contributed by atoms with E-state index in [-0.39, 0.29) is 6.61 Å². The van der Waals surface area contributed by atoms with Crippen LogP contribution in [0.1, 0.15) is 11.4 Å². The standard InChI is InChI=1S/C17H15ClN4O/c18-13-6-14(11-23)22-17(7-13)21-9-15-8-20-16(10-19-15)12-4-2-1-3-5-12/h1-8,10,23H,9,11H2,(H,21,22). The molecule has 23 heavy (non-hydrogen) atoms. The minimum Gasteiger partial charge on any atom is -0.390 e. The number of aliphatic hydroxyl groups is 1. The van der Waals surface area contributed by atoms with Gasteiger partial charge in [0.1, 0.15) is 5.82 Å². The Balaban J connectivity index is 1.68. The molecular weight excluding hydrogens is 312 g/mol. The Bertz CT molecular complexity index is 778. The first-order valence-corrected chi connectivity index (χ1v) is 7.50. The molecule has 0 radical (unpaired) electrons. The SMILES string of the molecule is OCc1cc(Cl)cc(NCc2cnc(-c3ccccc3)cn2)n1. The van der Waals surface area contributed by atoms with Crippen molar-refractivity contribution in [2.75, 3.05) is 5.32 Å². The Morgan fingerprint density at radius 1 is 1.00 bits per heavy atom. The van der Waals surface area contributed by atoms with E-state index in [1.807, 2.05) is 30.3 Å². The van der Waals surface area contributed by atoms with Crippen molar-refractivity contribution in [3.63, 3.8) is 0 Å². The Hall–Kier alpha value is -2.50. The van der Waals surface area contributed by atoms with E-state index in [0.29, 0.717) is 23.1 Å². The third kappa shape index (κ3) is 4.03. The zero-order valence-corrected chi connectivity index (χ0v) is 13.0. The quantitative estimate of drug-likeness (QED) is 0.752. The summed E-state index contributed by atoms with van der Waals surface area (Å²) in [6.45, 7) is 0.321. The first kappa shape index (κ1) is 15.4. The van der Waals surface area contributed by atoms with E-state index in [9.17, 15) is 0 Å². The number of rotatable bonds is 5. The number of aliphatic hydroxyl groups excluding tert-OH is 1. The zero-order valence-electron chi connectivity index (χ0n) is 12.3. The molecule has 0 amide bonds. The third-order valence-corrected chi connectivity index (χ3v) is 3.45. The summed E-state index contributed by atoms with van der Waals surface area (Å²) in [6, 6.07) is 13.2. The summed E-state index contributed by atoms with van der Waals surface area (Å²) in [5.41, 5.74) is 3.17. The lowest BCUT2D eigenvalue weighted by atomic mass is 10.2. The van der Waals surface area contributed by atoms with Gasteiger partial charge in [-0.05, 0) is 12.1 Å². The smallest absolute Gasteiger partial charge is 0.128 e. The van der Waals surface area contributed by atoms with Gasteiger partial charge in [0.2, 0.25) is 0 Å². The number of pyridine rings is 1. The number of anilines is 1. The van der Waals surface area contributed by atoms with E-state index in [4.69, 9.17) is 16.7 Å². The van der Waals surface area contributed by atoms with Gasteiger partial charge < -0.3 is 10.4 Å². The van der Waals surface area contributed by atoms with Crippen molar-refractivity contribution in [1.29, 1.82) is 0 Å². The summed E-state index contributed by atoms with van der Waals surface area (Å²) < 4.78 is 0. The Morgan fingerprint density at radius 2 is 1.83 bits per heavy atom. The van der Waals surface area contributed by atoms with Crippen molar-refractivity contribution in [1.82, 2.24) is 15.0 Å². The molecule has 3 aromatic rings. The van der Waals surface area contributed by atoms with Crippen LogP contribution in [0, 0.1) is 0 Å². The van der Waals surface area contributed by atoms with Gasteiger partial charge in [0.05, 0.1) is 42.6 Å².